The summed E-state index contributed by atoms with van der Waals surface area (Å²) in [5.74, 6) is 1.62. The van der Waals surface area contributed by atoms with Crippen LogP contribution in [-0.4, -0.2) is 19.7 Å². The molecule has 0 radical (unpaired) electrons. The summed E-state index contributed by atoms with van der Waals surface area (Å²) < 4.78 is 5.56. The third-order valence-electron chi connectivity index (χ3n) is 4.15. The zero-order valence-electron chi connectivity index (χ0n) is 12.5. The summed E-state index contributed by atoms with van der Waals surface area (Å²) in [5.41, 5.74) is 2.70. The number of piperidine rings is 1. The number of aryl methyl sites for hydroxylation is 1. The lowest BCUT2D eigenvalue weighted by atomic mass is 9.95. The van der Waals surface area contributed by atoms with Crippen molar-refractivity contribution < 1.29 is 4.74 Å². The maximum Gasteiger partial charge on any atom is 0.122 e. The van der Waals surface area contributed by atoms with Crippen LogP contribution in [0.1, 0.15) is 56.6 Å². The molecule has 0 bridgehead atoms. The summed E-state index contributed by atoms with van der Waals surface area (Å²) in [6.45, 7) is 5.63. The second kappa shape index (κ2) is 6.95. The molecule has 0 aromatic heterocycles. The number of ether oxygens (including phenoxy) is 1. The molecule has 106 valence electrons. The summed E-state index contributed by atoms with van der Waals surface area (Å²) >= 11 is 0. The second-order valence-corrected chi connectivity index (χ2v) is 5.91. The molecule has 1 saturated heterocycles. The highest BCUT2D eigenvalue weighted by Crippen LogP contribution is 2.26. The molecule has 0 aliphatic carbocycles. The molecule has 2 heteroatoms. The van der Waals surface area contributed by atoms with E-state index in [0.29, 0.717) is 12.0 Å². The Kier molecular flexibility index (Phi) is 5.26. The highest BCUT2D eigenvalue weighted by Gasteiger charge is 2.14. The molecule has 2 rings (SSSR count). The fourth-order valence-corrected chi connectivity index (χ4v) is 2.83. The van der Waals surface area contributed by atoms with E-state index in [2.05, 4.69) is 37.4 Å². The van der Waals surface area contributed by atoms with Gasteiger partial charge in [0.25, 0.3) is 0 Å². The average Bonchev–Trinajstić information content (AvgIpc) is 2.45. The van der Waals surface area contributed by atoms with Crippen LogP contribution in [-0.2, 0) is 6.42 Å². The quantitative estimate of drug-likeness (QED) is 0.868. The average molecular weight is 261 g/mol. The van der Waals surface area contributed by atoms with Gasteiger partial charge in [0, 0.05) is 6.04 Å². The first-order chi connectivity index (χ1) is 9.20. The number of methoxy groups -OCH3 is 1. The second-order valence-electron chi connectivity index (χ2n) is 5.91. The van der Waals surface area contributed by atoms with Crippen molar-refractivity contribution in [3.8, 4) is 5.75 Å². The van der Waals surface area contributed by atoms with E-state index in [1.54, 1.807) is 7.11 Å². The summed E-state index contributed by atoms with van der Waals surface area (Å²) in [6, 6.07) is 7.39. The first-order valence-corrected chi connectivity index (χ1v) is 7.61. The Hall–Kier alpha value is -1.02. The summed E-state index contributed by atoms with van der Waals surface area (Å²) in [7, 11) is 1.78. The van der Waals surface area contributed by atoms with Gasteiger partial charge in [0.2, 0.25) is 0 Å². The van der Waals surface area contributed by atoms with Crippen molar-refractivity contribution in [2.45, 2.75) is 57.9 Å². The number of hydrogen-bond acceptors (Lipinski definition) is 2. The minimum atomic E-state index is 0.558. The molecule has 1 aliphatic rings. The molecule has 19 heavy (non-hydrogen) atoms. The molecule has 1 aromatic rings. The molecule has 0 amide bonds. The van der Waals surface area contributed by atoms with Gasteiger partial charge in [-0.1, -0.05) is 32.4 Å². The van der Waals surface area contributed by atoms with Crippen LogP contribution in [0, 0.1) is 0 Å². The van der Waals surface area contributed by atoms with Crippen LogP contribution in [0.15, 0.2) is 18.2 Å². The van der Waals surface area contributed by atoms with Crippen molar-refractivity contribution in [1.82, 2.24) is 5.32 Å². The summed E-state index contributed by atoms with van der Waals surface area (Å²) in [5, 5.41) is 3.62. The van der Waals surface area contributed by atoms with E-state index in [1.807, 2.05) is 0 Å². The van der Waals surface area contributed by atoms with Crippen molar-refractivity contribution in [1.29, 1.82) is 0 Å². The predicted molar refractivity (Wildman–Crippen MR) is 81.0 cm³/mol. The van der Waals surface area contributed by atoms with Crippen LogP contribution < -0.4 is 10.1 Å². The lowest BCUT2D eigenvalue weighted by Gasteiger charge is -2.23. The van der Waals surface area contributed by atoms with Gasteiger partial charge in [-0.15, -0.1) is 0 Å². The van der Waals surface area contributed by atoms with Gasteiger partial charge in [-0.25, -0.2) is 0 Å². The molecule has 0 spiro atoms. The first-order valence-electron chi connectivity index (χ1n) is 7.61. The third kappa shape index (κ3) is 3.97. The minimum absolute atomic E-state index is 0.558. The maximum absolute atomic E-state index is 5.56. The normalized spacial score (nSPS) is 19.7. The fraction of sp³-hybridized carbons (Fsp3) is 0.647. The molecule has 1 unspecified atom stereocenters. The molecule has 0 saturated carbocycles. The third-order valence-corrected chi connectivity index (χ3v) is 4.15. The maximum atomic E-state index is 5.56. The number of hydrogen-bond donors (Lipinski definition) is 1. The molecule has 1 fully saturated rings. The lowest BCUT2D eigenvalue weighted by molar-refractivity contribution is 0.376. The van der Waals surface area contributed by atoms with Gasteiger partial charge in [0.05, 0.1) is 7.11 Å². The van der Waals surface area contributed by atoms with E-state index in [0.717, 1.165) is 12.2 Å². The van der Waals surface area contributed by atoms with E-state index in [4.69, 9.17) is 4.74 Å². The van der Waals surface area contributed by atoms with Gasteiger partial charge in [-0.05, 0) is 55.3 Å². The van der Waals surface area contributed by atoms with Crippen LogP contribution >= 0.6 is 0 Å². The lowest BCUT2D eigenvalue weighted by Crippen LogP contribution is -2.34. The monoisotopic (exact) mass is 261 g/mol. The molecule has 2 nitrogen and oxygen atoms in total. The van der Waals surface area contributed by atoms with Crippen molar-refractivity contribution >= 4 is 0 Å². The van der Waals surface area contributed by atoms with Gasteiger partial charge in [-0.3, -0.25) is 0 Å². The van der Waals surface area contributed by atoms with Gasteiger partial charge >= 0.3 is 0 Å². The van der Waals surface area contributed by atoms with E-state index < -0.39 is 0 Å². The molecule has 1 aromatic carbocycles. The number of benzene rings is 1. The van der Waals surface area contributed by atoms with Gasteiger partial charge in [0.1, 0.15) is 5.75 Å². The predicted octanol–water partition coefficient (Wildman–Crippen LogP) is 3.89. The van der Waals surface area contributed by atoms with Gasteiger partial charge in [0.15, 0.2) is 0 Å². The molecule has 1 N–H and O–H groups in total. The van der Waals surface area contributed by atoms with E-state index in [9.17, 15) is 0 Å². The summed E-state index contributed by atoms with van der Waals surface area (Å²) in [6.07, 6.45) is 6.37. The number of nitrogens with one attached hydrogen (secondary N) is 1. The minimum Gasteiger partial charge on any atom is -0.496 e. The molecule has 1 aliphatic heterocycles. The Morgan fingerprint density at radius 2 is 2.16 bits per heavy atom. The van der Waals surface area contributed by atoms with Crippen LogP contribution in [0.4, 0.5) is 0 Å². The van der Waals surface area contributed by atoms with Crippen molar-refractivity contribution in [3.63, 3.8) is 0 Å². The number of rotatable bonds is 5. The highest BCUT2D eigenvalue weighted by atomic mass is 16.5. The molecular weight excluding hydrogens is 234 g/mol. The van der Waals surface area contributed by atoms with Crippen LogP contribution in [0.2, 0.25) is 0 Å². The SMILES string of the molecule is COc1cc(C(C)C)ccc1CCC1CCCCN1. The Labute approximate surface area is 117 Å². The van der Waals surface area contributed by atoms with E-state index in [1.165, 1.54) is 43.4 Å². The molecule has 1 heterocycles. The smallest absolute Gasteiger partial charge is 0.122 e. The van der Waals surface area contributed by atoms with Gasteiger partial charge in [-0.2, -0.15) is 0 Å². The first kappa shape index (κ1) is 14.4. The van der Waals surface area contributed by atoms with Crippen LogP contribution in [0.5, 0.6) is 5.75 Å². The highest BCUT2D eigenvalue weighted by molar-refractivity contribution is 5.38. The molecular formula is C17H27NO. The van der Waals surface area contributed by atoms with E-state index >= 15 is 0 Å². The standard InChI is InChI=1S/C17H27NO/c1-13(2)15-8-7-14(17(12-15)19-3)9-10-16-6-4-5-11-18-16/h7-8,12-13,16,18H,4-6,9-11H2,1-3H3. The van der Waals surface area contributed by atoms with Crippen molar-refractivity contribution in [2.24, 2.45) is 0 Å². The van der Waals surface area contributed by atoms with Crippen molar-refractivity contribution in [3.05, 3.63) is 29.3 Å². The van der Waals surface area contributed by atoms with E-state index in [-0.39, 0.29) is 0 Å². The van der Waals surface area contributed by atoms with Gasteiger partial charge < -0.3 is 10.1 Å². The Balaban J connectivity index is 1.98. The van der Waals surface area contributed by atoms with Crippen LogP contribution in [0.25, 0.3) is 0 Å². The summed E-state index contributed by atoms with van der Waals surface area (Å²) in [4.78, 5) is 0. The largest absolute Gasteiger partial charge is 0.496 e. The Morgan fingerprint density at radius 3 is 2.79 bits per heavy atom. The molecule has 1 atom stereocenters. The topological polar surface area (TPSA) is 21.3 Å². The Morgan fingerprint density at radius 1 is 1.32 bits per heavy atom. The van der Waals surface area contributed by atoms with Crippen LogP contribution in [0.3, 0.4) is 0 Å². The van der Waals surface area contributed by atoms with Crippen molar-refractivity contribution in [2.75, 3.05) is 13.7 Å². The zero-order chi connectivity index (χ0) is 13.7. The zero-order valence-corrected chi connectivity index (χ0v) is 12.5. The fourth-order valence-electron chi connectivity index (χ4n) is 2.83. The Bertz CT molecular complexity index is 394.